The van der Waals surface area contributed by atoms with Crippen LogP contribution in [0.15, 0.2) is 24.3 Å². The van der Waals surface area contributed by atoms with Crippen LogP contribution in [0.3, 0.4) is 0 Å². The minimum atomic E-state index is -4.40. The van der Waals surface area contributed by atoms with Gasteiger partial charge in [0.25, 0.3) is 0 Å². The number of benzene rings is 1. The van der Waals surface area contributed by atoms with E-state index < -0.39 is 11.7 Å². The van der Waals surface area contributed by atoms with Crippen LogP contribution in [-0.4, -0.2) is 12.5 Å². The number of halogens is 3. The summed E-state index contributed by atoms with van der Waals surface area (Å²) in [6.07, 6.45) is -1.22. The number of carbonyl (C=O) groups excluding carboxylic acids is 1. The van der Waals surface area contributed by atoms with E-state index in [1.54, 1.807) is 12.2 Å². The molecule has 0 aliphatic carbocycles. The van der Waals surface area contributed by atoms with Gasteiger partial charge in [-0.3, -0.25) is 4.79 Å². The van der Waals surface area contributed by atoms with Crippen molar-refractivity contribution in [1.82, 2.24) is 5.32 Å². The fourth-order valence-corrected chi connectivity index (χ4v) is 1.29. The molecule has 18 heavy (non-hydrogen) atoms. The smallest absolute Gasteiger partial charge is 0.398 e. The Morgan fingerprint density at radius 1 is 1.44 bits per heavy atom. The van der Waals surface area contributed by atoms with Gasteiger partial charge in [0.2, 0.25) is 5.91 Å². The first kappa shape index (κ1) is 14.1. The number of alkyl halides is 3. The van der Waals surface area contributed by atoms with Crippen LogP contribution in [0.5, 0.6) is 0 Å². The van der Waals surface area contributed by atoms with Crippen LogP contribution in [0.25, 0.3) is 6.08 Å². The second-order valence-electron chi connectivity index (χ2n) is 3.68. The topological polar surface area (TPSA) is 55.1 Å². The molecule has 3 N–H and O–H groups in total. The van der Waals surface area contributed by atoms with E-state index in [0.29, 0.717) is 12.1 Å². The summed E-state index contributed by atoms with van der Waals surface area (Å²) in [4.78, 5) is 10.6. The Kier molecular flexibility index (Phi) is 4.36. The first-order valence-corrected chi connectivity index (χ1v) is 5.18. The Morgan fingerprint density at radius 2 is 2.11 bits per heavy atom. The summed E-state index contributed by atoms with van der Waals surface area (Å²) in [6, 6.07) is 3.15. The highest BCUT2D eigenvalue weighted by molar-refractivity contribution is 5.73. The molecule has 0 spiro atoms. The zero-order valence-corrected chi connectivity index (χ0v) is 9.71. The lowest BCUT2D eigenvalue weighted by atomic mass is 10.1. The number of nitrogens with one attached hydrogen (secondary N) is 1. The maximum Gasteiger partial charge on any atom is 0.416 e. The minimum absolute atomic E-state index is 0.0453. The van der Waals surface area contributed by atoms with Crippen LogP contribution in [0.1, 0.15) is 18.1 Å². The molecule has 0 saturated carbocycles. The third-order valence-corrected chi connectivity index (χ3v) is 2.18. The van der Waals surface area contributed by atoms with Crippen molar-refractivity contribution < 1.29 is 18.0 Å². The molecule has 1 aromatic carbocycles. The normalized spacial score (nSPS) is 11.8. The summed E-state index contributed by atoms with van der Waals surface area (Å²) < 4.78 is 37.1. The number of nitrogens with two attached hydrogens (primary N) is 1. The van der Waals surface area contributed by atoms with Crippen molar-refractivity contribution in [2.45, 2.75) is 13.1 Å². The maximum absolute atomic E-state index is 12.4. The van der Waals surface area contributed by atoms with Gasteiger partial charge in [0.15, 0.2) is 0 Å². The van der Waals surface area contributed by atoms with Crippen LogP contribution in [0.4, 0.5) is 18.9 Å². The van der Waals surface area contributed by atoms with Gasteiger partial charge in [-0.15, -0.1) is 0 Å². The molecule has 0 aliphatic heterocycles. The van der Waals surface area contributed by atoms with Gasteiger partial charge in [0.05, 0.1) is 5.56 Å². The second kappa shape index (κ2) is 5.57. The Bertz CT molecular complexity index is 467. The van der Waals surface area contributed by atoms with Gasteiger partial charge in [-0.05, 0) is 17.7 Å². The van der Waals surface area contributed by atoms with E-state index in [-0.39, 0.29) is 11.6 Å². The predicted octanol–water partition coefficient (Wildman–Crippen LogP) is 2.44. The lowest BCUT2D eigenvalue weighted by molar-refractivity contribution is -0.137. The van der Waals surface area contributed by atoms with Crippen molar-refractivity contribution >= 4 is 17.7 Å². The van der Waals surface area contributed by atoms with E-state index in [1.807, 2.05) is 0 Å². The van der Waals surface area contributed by atoms with Gasteiger partial charge in [0.1, 0.15) is 0 Å². The summed E-state index contributed by atoms with van der Waals surface area (Å²) in [5.74, 6) is -0.181. The number of amides is 1. The van der Waals surface area contributed by atoms with Crippen molar-refractivity contribution in [3.8, 4) is 0 Å². The number of hydrogen-bond acceptors (Lipinski definition) is 2. The Morgan fingerprint density at radius 3 is 2.61 bits per heavy atom. The Balaban J connectivity index is 2.77. The van der Waals surface area contributed by atoms with Crippen molar-refractivity contribution in [3.63, 3.8) is 0 Å². The molecule has 6 heteroatoms. The fourth-order valence-electron chi connectivity index (χ4n) is 1.29. The molecular formula is C12H13F3N2O. The molecule has 98 valence electrons. The van der Waals surface area contributed by atoms with Crippen molar-refractivity contribution in [2.24, 2.45) is 0 Å². The number of hydrogen-bond donors (Lipinski definition) is 2. The maximum atomic E-state index is 12.4. The molecule has 0 radical (unpaired) electrons. The number of rotatable bonds is 3. The van der Waals surface area contributed by atoms with Crippen LogP contribution in [0.2, 0.25) is 0 Å². The molecule has 0 aliphatic rings. The first-order valence-electron chi connectivity index (χ1n) is 5.18. The highest BCUT2D eigenvalue weighted by Crippen LogP contribution is 2.31. The van der Waals surface area contributed by atoms with E-state index in [2.05, 4.69) is 5.32 Å². The molecule has 0 atom stereocenters. The van der Waals surface area contributed by atoms with E-state index >= 15 is 0 Å². The molecule has 0 heterocycles. The average Bonchev–Trinajstić information content (AvgIpc) is 2.24. The quantitative estimate of drug-likeness (QED) is 0.818. The van der Waals surface area contributed by atoms with Crippen LogP contribution >= 0.6 is 0 Å². The Labute approximate surface area is 102 Å². The summed E-state index contributed by atoms with van der Waals surface area (Å²) in [5.41, 5.74) is 5.27. The molecule has 0 saturated heterocycles. The molecule has 0 unspecified atom stereocenters. The van der Waals surface area contributed by atoms with Gasteiger partial charge in [-0.2, -0.15) is 13.2 Å². The van der Waals surface area contributed by atoms with Gasteiger partial charge < -0.3 is 11.1 Å². The molecule has 1 aromatic rings. The molecule has 0 aromatic heterocycles. The average molecular weight is 258 g/mol. The molecule has 1 rings (SSSR count). The highest BCUT2D eigenvalue weighted by atomic mass is 19.4. The molecule has 3 nitrogen and oxygen atoms in total. The highest BCUT2D eigenvalue weighted by Gasteiger charge is 2.30. The van der Waals surface area contributed by atoms with Gasteiger partial charge in [-0.25, -0.2) is 0 Å². The van der Waals surface area contributed by atoms with Gasteiger partial charge >= 0.3 is 6.18 Å². The molecule has 0 bridgehead atoms. The number of nitrogen functional groups attached to an aromatic ring is 1. The second-order valence-corrected chi connectivity index (χ2v) is 3.68. The van der Waals surface area contributed by atoms with E-state index in [9.17, 15) is 18.0 Å². The third-order valence-electron chi connectivity index (χ3n) is 2.18. The summed E-state index contributed by atoms with van der Waals surface area (Å²) in [5, 5.41) is 2.52. The minimum Gasteiger partial charge on any atom is -0.398 e. The SMILES string of the molecule is CC(=O)NCC=Cc1ccc(C(F)(F)F)cc1N. The monoisotopic (exact) mass is 258 g/mol. The van der Waals surface area contributed by atoms with E-state index in [0.717, 1.165) is 12.1 Å². The van der Waals surface area contributed by atoms with Crippen LogP contribution < -0.4 is 11.1 Å². The lowest BCUT2D eigenvalue weighted by Gasteiger charge is -2.08. The lowest BCUT2D eigenvalue weighted by Crippen LogP contribution is -2.19. The summed E-state index contributed by atoms with van der Waals surface area (Å²) in [7, 11) is 0. The van der Waals surface area contributed by atoms with E-state index in [4.69, 9.17) is 5.73 Å². The van der Waals surface area contributed by atoms with Crippen LogP contribution in [0, 0.1) is 0 Å². The fraction of sp³-hybridized carbons (Fsp3) is 0.250. The number of anilines is 1. The van der Waals surface area contributed by atoms with Crippen molar-refractivity contribution in [1.29, 1.82) is 0 Å². The van der Waals surface area contributed by atoms with E-state index in [1.165, 1.54) is 13.0 Å². The summed E-state index contributed by atoms with van der Waals surface area (Å²) in [6.45, 7) is 1.68. The van der Waals surface area contributed by atoms with Crippen LogP contribution in [-0.2, 0) is 11.0 Å². The standard InChI is InChI=1S/C12H13F3N2O/c1-8(18)17-6-2-3-9-4-5-10(7-11(9)16)12(13,14)15/h2-5,7H,6,16H2,1H3,(H,17,18). The third kappa shape index (κ3) is 4.12. The number of carbonyl (C=O) groups is 1. The van der Waals surface area contributed by atoms with Crippen molar-refractivity contribution in [3.05, 3.63) is 35.4 Å². The van der Waals surface area contributed by atoms with Gasteiger partial charge in [-0.1, -0.05) is 18.2 Å². The first-order chi connectivity index (χ1) is 8.30. The summed E-state index contributed by atoms with van der Waals surface area (Å²) >= 11 is 0. The largest absolute Gasteiger partial charge is 0.416 e. The molecule has 1 amide bonds. The molecule has 0 fully saturated rings. The van der Waals surface area contributed by atoms with Gasteiger partial charge in [0, 0.05) is 19.2 Å². The zero-order chi connectivity index (χ0) is 13.8. The van der Waals surface area contributed by atoms with Crippen molar-refractivity contribution in [2.75, 3.05) is 12.3 Å². The predicted molar refractivity (Wildman–Crippen MR) is 63.6 cm³/mol. The Hall–Kier alpha value is -1.98. The zero-order valence-electron chi connectivity index (χ0n) is 9.71. The molecular weight excluding hydrogens is 245 g/mol.